The molecule has 1 N–H and O–H groups in total. The first-order valence-corrected chi connectivity index (χ1v) is 6.80. The van der Waals surface area contributed by atoms with Crippen LogP contribution in [0.2, 0.25) is 5.15 Å². The third kappa shape index (κ3) is 3.85. The van der Waals surface area contributed by atoms with Crippen molar-refractivity contribution in [1.29, 1.82) is 0 Å². The van der Waals surface area contributed by atoms with E-state index in [-0.39, 0.29) is 16.9 Å². The van der Waals surface area contributed by atoms with Crippen LogP contribution in [0.4, 0.5) is 13.2 Å². The lowest BCUT2D eigenvalue weighted by Gasteiger charge is -2.22. The number of halogens is 4. The average Bonchev–Trinajstić information content (AvgIpc) is 2.38. The quantitative estimate of drug-likeness (QED) is 0.844. The van der Waals surface area contributed by atoms with Gasteiger partial charge >= 0.3 is 6.18 Å². The van der Waals surface area contributed by atoms with E-state index in [9.17, 15) is 18.0 Å². The summed E-state index contributed by atoms with van der Waals surface area (Å²) in [5.74, 6) is -0.607. The number of alkyl halides is 3. The van der Waals surface area contributed by atoms with E-state index < -0.39 is 17.6 Å². The second-order valence-electron chi connectivity index (χ2n) is 4.87. The number of carbonyl (C=O) groups is 1. The molecule has 1 heterocycles. The molecule has 0 aromatic carbocycles. The first kappa shape index (κ1) is 15.1. The van der Waals surface area contributed by atoms with Gasteiger partial charge in [0.25, 0.3) is 5.91 Å². The first-order chi connectivity index (χ1) is 9.36. The summed E-state index contributed by atoms with van der Waals surface area (Å²) in [6.07, 6.45) is 0.298. The van der Waals surface area contributed by atoms with Gasteiger partial charge in [-0.1, -0.05) is 30.9 Å². The predicted molar refractivity (Wildman–Crippen MR) is 68.6 cm³/mol. The van der Waals surface area contributed by atoms with Crippen LogP contribution in [0.15, 0.2) is 12.1 Å². The first-order valence-electron chi connectivity index (χ1n) is 6.42. The standard InChI is InChI=1S/C13H14ClF3N2O/c14-11-7-8(13(15,16)17)6-10(19-11)12(20)18-9-4-2-1-3-5-9/h6-7,9H,1-5H2,(H,18,20). The smallest absolute Gasteiger partial charge is 0.348 e. The number of nitrogens with zero attached hydrogens (tertiary/aromatic N) is 1. The summed E-state index contributed by atoms with van der Waals surface area (Å²) in [5.41, 5.74) is -1.26. The Bertz CT molecular complexity index is 499. The van der Waals surface area contributed by atoms with Crippen LogP contribution < -0.4 is 5.32 Å². The van der Waals surface area contributed by atoms with E-state index in [0.29, 0.717) is 6.07 Å². The van der Waals surface area contributed by atoms with E-state index in [1.165, 1.54) is 0 Å². The molecular weight excluding hydrogens is 293 g/mol. The van der Waals surface area contributed by atoms with Crippen molar-refractivity contribution in [3.63, 3.8) is 0 Å². The zero-order valence-corrected chi connectivity index (χ0v) is 11.4. The van der Waals surface area contributed by atoms with Crippen molar-refractivity contribution in [2.24, 2.45) is 0 Å². The Morgan fingerprint density at radius 2 is 1.90 bits per heavy atom. The summed E-state index contributed by atoms with van der Waals surface area (Å²) in [6, 6.07) is 1.44. The number of pyridine rings is 1. The zero-order valence-electron chi connectivity index (χ0n) is 10.6. The van der Waals surface area contributed by atoms with Crippen molar-refractivity contribution in [3.05, 3.63) is 28.5 Å². The fourth-order valence-corrected chi connectivity index (χ4v) is 2.49. The Kier molecular flexibility index (Phi) is 4.52. The zero-order chi connectivity index (χ0) is 14.8. The van der Waals surface area contributed by atoms with Gasteiger partial charge in [-0.05, 0) is 25.0 Å². The molecule has 110 valence electrons. The molecular formula is C13H14ClF3N2O. The van der Waals surface area contributed by atoms with Crippen LogP contribution in [0, 0.1) is 0 Å². The summed E-state index contributed by atoms with van der Waals surface area (Å²) in [5, 5.41) is 2.37. The minimum Gasteiger partial charge on any atom is -0.348 e. The number of amides is 1. The lowest BCUT2D eigenvalue weighted by molar-refractivity contribution is -0.137. The number of hydrogen-bond acceptors (Lipinski definition) is 2. The Labute approximate surface area is 119 Å². The minimum atomic E-state index is -4.55. The van der Waals surface area contributed by atoms with Gasteiger partial charge in [0.2, 0.25) is 0 Å². The van der Waals surface area contributed by atoms with Crippen LogP contribution >= 0.6 is 11.6 Å². The number of aromatic nitrogens is 1. The molecule has 0 atom stereocenters. The van der Waals surface area contributed by atoms with Gasteiger partial charge in [-0.15, -0.1) is 0 Å². The van der Waals surface area contributed by atoms with Crippen molar-refractivity contribution in [3.8, 4) is 0 Å². The van der Waals surface area contributed by atoms with E-state index >= 15 is 0 Å². The van der Waals surface area contributed by atoms with E-state index in [0.717, 1.165) is 38.2 Å². The molecule has 0 saturated heterocycles. The SMILES string of the molecule is O=C(NC1CCCCC1)c1cc(C(F)(F)F)cc(Cl)n1. The van der Waals surface area contributed by atoms with Crippen molar-refractivity contribution in [1.82, 2.24) is 10.3 Å². The molecule has 0 unspecified atom stereocenters. The van der Waals surface area contributed by atoms with Crippen molar-refractivity contribution in [2.45, 2.75) is 44.3 Å². The largest absolute Gasteiger partial charge is 0.416 e. The molecule has 1 saturated carbocycles. The van der Waals surface area contributed by atoms with Gasteiger partial charge in [-0.3, -0.25) is 4.79 Å². The minimum absolute atomic E-state index is 0.00590. The van der Waals surface area contributed by atoms with E-state index in [2.05, 4.69) is 10.3 Å². The van der Waals surface area contributed by atoms with Gasteiger partial charge in [0, 0.05) is 6.04 Å². The van der Waals surface area contributed by atoms with Gasteiger partial charge in [0.05, 0.1) is 5.56 Å². The molecule has 2 rings (SSSR count). The molecule has 1 aliphatic rings. The van der Waals surface area contributed by atoms with Crippen molar-refractivity contribution >= 4 is 17.5 Å². The highest BCUT2D eigenvalue weighted by Crippen LogP contribution is 2.31. The fourth-order valence-electron chi connectivity index (χ4n) is 2.28. The lowest BCUT2D eigenvalue weighted by atomic mass is 9.95. The molecule has 0 spiro atoms. The van der Waals surface area contributed by atoms with Crippen molar-refractivity contribution in [2.75, 3.05) is 0 Å². The Morgan fingerprint density at radius 1 is 1.25 bits per heavy atom. The molecule has 1 aromatic rings. The highest BCUT2D eigenvalue weighted by atomic mass is 35.5. The van der Waals surface area contributed by atoms with Crippen LogP contribution in [0.5, 0.6) is 0 Å². The number of hydrogen-bond donors (Lipinski definition) is 1. The maximum absolute atomic E-state index is 12.7. The summed E-state index contributed by atoms with van der Waals surface area (Å²) >= 11 is 5.55. The highest BCUT2D eigenvalue weighted by molar-refractivity contribution is 6.29. The molecule has 3 nitrogen and oxygen atoms in total. The van der Waals surface area contributed by atoms with E-state index in [1.54, 1.807) is 0 Å². The lowest BCUT2D eigenvalue weighted by Crippen LogP contribution is -2.36. The van der Waals surface area contributed by atoms with Crippen LogP contribution in [-0.2, 0) is 6.18 Å². The van der Waals surface area contributed by atoms with E-state index in [1.807, 2.05) is 0 Å². The molecule has 1 aliphatic carbocycles. The maximum Gasteiger partial charge on any atom is 0.416 e. The normalized spacial score (nSPS) is 17.0. The molecule has 20 heavy (non-hydrogen) atoms. The second-order valence-corrected chi connectivity index (χ2v) is 5.26. The number of nitrogens with one attached hydrogen (secondary N) is 1. The van der Waals surface area contributed by atoms with Crippen LogP contribution in [0.3, 0.4) is 0 Å². The Morgan fingerprint density at radius 3 is 2.50 bits per heavy atom. The number of rotatable bonds is 2. The molecule has 1 aromatic heterocycles. The Hall–Kier alpha value is -1.30. The second kappa shape index (κ2) is 5.99. The van der Waals surface area contributed by atoms with Gasteiger partial charge < -0.3 is 5.32 Å². The third-order valence-corrected chi connectivity index (χ3v) is 3.49. The van der Waals surface area contributed by atoms with E-state index in [4.69, 9.17) is 11.6 Å². The fraction of sp³-hybridized carbons (Fsp3) is 0.538. The van der Waals surface area contributed by atoms with Gasteiger partial charge in [-0.25, -0.2) is 4.98 Å². The molecule has 0 aliphatic heterocycles. The molecule has 0 bridgehead atoms. The molecule has 1 fully saturated rings. The highest BCUT2D eigenvalue weighted by Gasteiger charge is 2.32. The summed E-state index contributed by atoms with van der Waals surface area (Å²) < 4.78 is 38.0. The van der Waals surface area contributed by atoms with Gasteiger partial charge in [0.15, 0.2) is 0 Å². The van der Waals surface area contributed by atoms with Crippen LogP contribution in [0.1, 0.15) is 48.2 Å². The van der Waals surface area contributed by atoms with Gasteiger partial charge in [0.1, 0.15) is 10.8 Å². The summed E-state index contributed by atoms with van der Waals surface area (Å²) in [7, 11) is 0. The Balaban J connectivity index is 2.14. The average molecular weight is 307 g/mol. The van der Waals surface area contributed by atoms with Gasteiger partial charge in [-0.2, -0.15) is 13.2 Å². The van der Waals surface area contributed by atoms with Crippen LogP contribution in [-0.4, -0.2) is 16.9 Å². The molecule has 1 amide bonds. The van der Waals surface area contributed by atoms with Crippen molar-refractivity contribution < 1.29 is 18.0 Å². The number of carbonyl (C=O) groups excluding carboxylic acids is 1. The predicted octanol–water partition coefficient (Wildman–Crippen LogP) is 3.82. The summed E-state index contributed by atoms with van der Waals surface area (Å²) in [6.45, 7) is 0. The molecule has 0 radical (unpaired) electrons. The maximum atomic E-state index is 12.7. The third-order valence-electron chi connectivity index (χ3n) is 3.29. The molecule has 7 heteroatoms. The monoisotopic (exact) mass is 306 g/mol. The topological polar surface area (TPSA) is 42.0 Å². The summed E-state index contributed by atoms with van der Waals surface area (Å²) in [4.78, 5) is 15.6. The van der Waals surface area contributed by atoms with Crippen LogP contribution in [0.25, 0.3) is 0 Å².